The van der Waals surface area contributed by atoms with Gasteiger partial charge < -0.3 is 14.4 Å². The molecule has 0 saturated heterocycles. The van der Waals surface area contributed by atoms with Crippen molar-refractivity contribution in [1.82, 2.24) is 29.5 Å². The van der Waals surface area contributed by atoms with Gasteiger partial charge in [0.05, 0.1) is 37.0 Å². The number of ether oxygens (including phenoxy) is 2. The summed E-state index contributed by atoms with van der Waals surface area (Å²) in [4.78, 5) is 27.9. The number of carbonyl (C=O) groups is 1. The highest BCUT2D eigenvalue weighted by Crippen LogP contribution is 2.36. The van der Waals surface area contributed by atoms with Crippen molar-refractivity contribution in [2.45, 2.75) is 19.4 Å². The zero-order valence-electron chi connectivity index (χ0n) is 18.3. The summed E-state index contributed by atoms with van der Waals surface area (Å²) in [6, 6.07) is 7.95. The van der Waals surface area contributed by atoms with Gasteiger partial charge in [0, 0.05) is 25.0 Å². The van der Waals surface area contributed by atoms with Crippen molar-refractivity contribution in [2.24, 2.45) is 0 Å². The number of nitrogens with zero attached hydrogens (tertiary/aromatic N) is 6. The van der Waals surface area contributed by atoms with Crippen LogP contribution in [0.3, 0.4) is 0 Å². The van der Waals surface area contributed by atoms with Crippen molar-refractivity contribution in [3.8, 4) is 23.0 Å². The third-order valence-corrected chi connectivity index (χ3v) is 6.06. The van der Waals surface area contributed by atoms with Crippen molar-refractivity contribution < 1.29 is 14.3 Å². The number of benzene rings is 1. The zero-order chi connectivity index (χ0) is 23.1. The summed E-state index contributed by atoms with van der Waals surface area (Å²) < 4.78 is 12.1. The topological polar surface area (TPSA) is 94.7 Å². The fourth-order valence-electron chi connectivity index (χ4n) is 4.17. The molecule has 0 bridgehead atoms. The number of carbonyl (C=O) groups excluding carboxylic acids is 1. The normalized spacial score (nSPS) is 15.4. The molecule has 0 fully saturated rings. The van der Waals surface area contributed by atoms with Gasteiger partial charge in [-0.2, -0.15) is 10.1 Å². The van der Waals surface area contributed by atoms with E-state index in [1.165, 1.54) is 23.4 Å². The van der Waals surface area contributed by atoms with Crippen LogP contribution in [0.25, 0.3) is 16.8 Å². The molecule has 3 aromatic heterocycles. The highest BCUT2D eigenvalue weighted by molar-refractivity contribution is 6.30. The number of amides is 1. The minimum Gasteiger partial charge on any atom is -0.480 e. The predicted octanol–water partition coefficient (Wildman–Crippen LogP) is 3.62. The molecule has 10 heteroatoms. The lowest BCUT2D eigenvalue weighted by Gasteiger charge is -2.35. The molecule has 1 aliphatic heterocycles. The first kappa shape index (κ1) is 21.1. The van der Waals surface area contributed by atoms with Crippen LogP contribution in [0, 0.1) is 0 Å². The van der Waals surface area contributed by atoms with E-state index in [2.05, 4.69) is 32.2 Å². The van der Waals surface area contributed by atoms with Crippen LogP contribution in [0.2, 0.25) is 5.02 Å². The second kappa shape index (κ2) is 8.32. The molecule has 0 aliphatic carbocycles. The van der Waals surface area contributed by atoms with Gasteiger partial charge in [-0.3, -0.25) is 4.79 Å². The monoisotopic (exact) mass is 464 g/mol. The van der Waals surface area contributed by atoms with Crippen molar-refractivity contribution in [3.63, 3.8) is 0 Å². The average molecular weight is 465 g/mol. The minimum absolute atomic E-state index is 0.146. The van der Waals surface area contributed by atoms with Gasteiger partial charge in [-0.15, -0.1) is 0 Å². The quantitative estimate of drug-likeness (QED) is 0.455. The average Bonchev–Trinajstić information content (AvgIpc) is 3.26. The van der Waals surface area contributed by atoms with Gasteiger partial charge in [0.15, 0.2) is 11.3 Å². The predicted molar refractivity (Wildman–Crippen MR) is 122 cm³/mol. The smallest absolute Gasteiger partial charge is 0.319 e. The standard InChI is InChI=1S/C23H21ClN6O3/c1-13-17-8-15(18-11-26-23(33-3)27-21(18)32-2)5-4-14(17)6-7-29(13)22(31)19-9-20-25-10-16(24)12-30(20)28-19/h4-5,8-13H,6-7H2,1-3H3. The number of methoxy groups -OCH3 is 2. The first-order valence-corrected chi connectivity index (χ1v) is 10.8. The van der Waals surface area contributed by atoms with E-state index >= 15 is 0 Å². The number of hydrogen-bond acceptors (Lipinski definition) is 7. The van der Waals surface area contributed by atoms with Crippen molar-refractivity contribution in [1.29, 1.82) is 0 Å². The maximum absolute atomic E-state index is 13.3. The number of aromatic nitrogens is 5. The number of halogens is 1. The van der Waals surface area contributed by atoms with E-state index in [4.69, 9.17) is 21.1 Å². The fraction of sp³-hybridized carbons (Fsp3) is 0.261. The first-order chi connectivity index (χ1) is 16.0. The SMILES string of the molecule is COc1ncc(-c2ccc3c(c2)C(C)N(C(=O)c2cc4ncc(Cl)cn4n2)CC3)c(OC)n1. The Kier molecular flexibility index (Phi) is 5.33. The van der Waals surface area contributed by atoms with Crippen molar-refractivity contribution in [2.75, 3.05) is 20.8 Å². The molecule has 1 unspecified atom stereocenters. The Balaban J connectivity index is 1.48. The van der Waals surface area contributed by atoms with Crippen molar-refractivity contribution in [3.05, 3.63) is 64.7 Å². The zero-order valence-corrected chi connectivity index (χ0v) is 19.1. The van der Waals surface area contributed by atoms with Gasteiger partial charge in [-0.25, -0.2) is 14.5 Å². The van der Waals surface area contributed by atoms with Crippen LogP contribution in [0.1, 0.15) is 34.6 Å². The van der Waals surface area contributed by atoms with Gasteiger partial charge in [0.25, 0.3) is 5.91 Å². The molecule has 1 amide bonds. The van der Waals surface area contributed by atoms with Gasteiger partial charge in [0.2, 0.25) is 5.88 Å². The second-order valence-corrected chi connectivity index (χ2v) is 8.16. The Morgan fingerprint density at radius 3 is 2.79 bits per heavy atom. The highest BCUT2D eigenvalue weighted by Gasteiger charge is 2.30. The Morgan fingerprint density at radius 1 is 1.15 bits per heavy atom. The molecule has 4 heterocycles. The summed E-state index contributed by atoms with van der Waals surface area (Å²) in [5.41, 5.74) is 4.83. The largest absolute Gasteiger partial charge is 0.480 e. The van der Waals surface area contributed by atoms with Crippen LogP contribution < -0.4 is 9.47 Å². The molecular weight excluding hydrogens is 444 g/mol. The summed E-state index contributed by atoms with van der Waals surface area (Å²) in [7, 11) is 3.07. The third kappa shape index (κ3) is 3.74. The molecule has 0 N–H and O–H groups in total. The summed E-state index contributed by atoms with van der Waals surface area (Å²) >= 11 is 6.00. The van der Waals surface area contributed by atoms with Gasteiger partial charge in [-0.05, 0) is 36.1 Å². The Morgan fingerprint density at radius 2 is 2.00 bits per heavy atom. The Labute approximate surface area is 195 Å². The Hall–Kier alpha value is -3.72. The Bertz CT molecular complexity index is 1370. The maximum Gasteiger partial charge on any atom is 0.319 e. The minimum atomic E-state index is -0.148. The van der Waals surface area contributed by atoms with E-state index in [0.29, 0.717) is 28.8 Å². The molecule has 168 valence electrons. The van der Waals surface area contributed by atoms with Crippen LogP contribution in [-0.2, 0) is 6.42 Å². The fourth-order valence-corrected chi connectivity index (χ4v) is 4.31. The lowest BCUT2D eigenvalue weighted by Crippen LogP contribution is -2.39. The van der Waals surface area contributed by atoms with Crippen LogP contribution >= 0.6 is 11.6 Å². The lowest BCUT2D eigenvalue weighted by atomic mass is 9.90. The van der Waals surface area contributed by atoms with E-state index in [9.17, 15) is 4.79 Å². The molecule has 0 saturated carbocycles. The summed E-state index contributed by atoms with van der Waals surface area (Å²) in [5.74, 6) is 0.277. The molecule has 1 atom stereocenters. The van der Waals surface area contributed by atoms with E-state index in [1.54, 1.807) is 25.6 Å². The van der Waals surface area contributed by atoms with E-state index < -0.39 is 0 Å². The van der Waals surface area contributed by atoms with Gasteiger partial charge >= 0.3 is 6.01 Å². The summed E-state index contributed by atoms with van der Waals surface area (Å²) in [5, 5.41) is 4.83. The molecule has 1 aromatic carbocycles. The van der Waals surface area contributed by atoms with E-state index in [-0.39, 0.29) is 18.0 Å². The number of fused-ring (bicyclic) bond motifs is 2. The molecule has 0 spiro atoms. The van der Waals surface area contributed by atoms with Crippen LogP contribution in [-0.4, -0.2) is 56.1 Å². The van der Waals surface area contributed by atoms with E-state index in [1.807, 2.05) is 17.9 Å². The summed E-state index contributed by atoms with van der Waals surface area (Å²) in [6.07, 6.45) is 5.59. The molecule has 1 aliphatic rings. The van der Waals surface area contributed by atoms with Crippen molar-refractivity contribution >= 4 is 23.2 Å². The van der Waals surface area contributed by atoms with E-state index in [0.717, 1.165) is 23.1 Å². The van der Waals surface area contributed by atoms with Crippen LogP contribution in [0.4, 0.5) is 0 Å². The molecular formula is C23H21ClN6O3. The number of hydrogen-bond donors (Lipinski definition) is 0. The summed E-state index contributed by atoms with van der Waals surface area (Å²) in [6.45, 7) is 2.62. The molecule has 4 aromatic rings. The van der Waals surface area contributed by atoms with Crippen LogP contribution in [0.15, 0.2) is 42.9 Å². The molecule has 33 heavy (non-hydrogen) atoms. The van der Waals surface area contributed by atoms with Gasteiger partial charge in [0.1, 0.15) is 0 Å². The lowest BCUT2D eigenvalue weighted by molar-refractivity contribution is 0.0671. The van der Waals surface area contributed by atoms with Crippen LogP contribution in [0.5, 0.6) is 11.9 Å². The molecule has 9 nitrogen and oxygen atoms in total. The van der Waals surface area contributed by atoms with Gasteiger partial charge in [-0.1, -0.05) is 23.7 Å². The molecule has 0 radical (unpaired) electrons. The third-order valence-electron chi connectivity index (χ3n) is 5.87. The number of rotatable bonds is 4. The second-order valence-electron chi connectivity index (χ2n) is 7.72. The molecule has 5 rings (SSSR count). The first-order valence-electron chi connectivity index (χ1n) is 10.4. The highest BCUT2D eigenvalue weighted by atomic mass is 35.5. The maximum atomic E-state index is 13.3.